The highest BCUT2D eigenvalue weighted by atomic mass is 16.6. The monoisotopic (exact) mass is 351 g/mol. The van der Waals surface area contributed by atoms with Crippen molar-refractivity contribution in [2.24, 2.45) is 0 Å². The van der Waals surface area contributed by atoms with Crippen molar-refractivity contribution in [2.45, 2.75) is 45.8 Å². The van der Waals surface area contributed by atoms with Gasteiger partial charge in [0.2, 0.25) is 0 Å². The van der Waals surface area contributed by atoms with Crippen LogP contribution in [0.5, 0.6) is 0 Å². The highest BCUT2D eigenvalue weighted by Crippen LogP contribution is 2.24. The summed E-state index contributed by atoms with van der Waals surface area (Å²) >= 11 is 0. The summed E-state index contributed by atoms with van der Waals surface area (Å²) < 4.78 is 6.25. The van der Waals surface area contributed by atoms with Gasteiger partial charge in [0.15, 0.2) is 0 Å². The molecule has 0 radical (unpaired) electrons. The number of aromatic amines is 2. The Morgan fingerprint density at radius 3 is 2.68 bits per heavy atom. The van der Waals surface area contributed by atoms with Crippen molar-refractivity contribution in [1.29, 1.82) is 0 Å². The van der Waals surface area contributed by atoms with Gasteiger partial charge in [-0.15, -0.1) is 0 Å². The molecule has 1 unspecified atom stereocenters. The van der Waals surface area contributed by atoms with Gasteiger partial charge in [-0.1, -0.05) is 13.3 Å². The lowest BCUT2D eigenvalue weighted by molar-refractivity contribution is -0.387. The van der Waals surface area contributed by atoms with Crippen LogP contribution in [0.1, 0.15) is 42.8 Å². The van der Waals surface area contributed by atoms with Gasteiger partial charge >= 0.3 is 16.9 Å². The average Bonchev–Trinajstić information content (AvgIpc) is 2.97. The molecule has 1 atom stereocenters. The maximum Gasteiger partial charge on any atom is 0.353 e. The predicted molar refractivity (Wildman–Crippen MR) is 89.7 cm³/mol. The fraction of sp³-hybridized carbons (Fsp3) is 0.533. The second-order valence-electron chi connectivity index (χ2n) is 5.68. The van der Waals surface area contributed by atoms with Gasteiger partial charge in [0, 0.05) is 31.8 Å². The zero-order valence-electron chi connectivity index (χ0n) is 14.4. The summed E-state index contributed by atoms with van der Waals surface area (Å²) in [5, 5.41) is 18.1. The number of aromatic nitrogens is 4. The van der Waals surface area contributed by atoms with Gasteiger partial charge in [-0.25, -0.2) is 4.79 Å². The molecule has 0 spiro atoms. The van der Waals surface area contributed by atoms with Crippen molar-refractivity contribution < 1.29 is 9.66 Å². The number of nitro groups is 1. The van der Waals surface area contributed by atoms with Gasteiger partial charge in [-0.3, -0.25) is 24.6 Å². The minimum Gasteiger partial charge on any atom is -0.376 e. The summed E-state index contributed by atoms with van der Waals surface area (Å²) in [5.41, 5.74) is -0.853. The van der Waals surface area contributed by atoms with Crippen LogP contribution in [0.3, 0.4) is 0 Å². The average molecular weight is 351 g/mol. The summed E-state index contributed by atoms with van der Waals surface area (Å²) in [6, 6.07) is 0. The Kier molecular flexibility index (Phi) is 5.86. The Balaban J connectivity index is 2.50. The zero-order valence-corrected chi connectivity index (χ0v) is 14.4. The van der Waals surface area contributed by atoms with Gasteiger partial charge in [-0.2, -0.15) is 5.10 Å². The van der Waals surface area contributed by atoms with Crippen molar-refractivity contribution >= 4 is 5.69 Å². The summed E-state index contributed by atoms with van der Waals surface area (Å²) in [6.45, 7) is 3.80. The zero-order chi connectivity index (χ0) is 18.6. The van der Waals surface area contributed by atoms with Crippen LogP contribution >= 0.6 is 0 Å². The second-order valence-corrected chi connectivity index (χ2v) is 5.68. The molecule has 0 saturated heterocycles. The van der Waals surface area contributed by atoms with Gasteiger partial charge in [-0.05, 0) is 13.3 Å². The first kappa shape index (κ1) is 18.6. The molecule has 0 amide bonds. The standard InChI is InChI=1S/C15H21N5O5/c1-4-5-6-19-14(21)13(20(23)24)11(17-15(19)22)7-12(25-3)10-8-16-18-9(10)2/h8,12H,4-7H2,1-3H3,(H,16,18)(H,17,22). The van der Waals surface area contributed by atoms with Crippen molar-refractivity contribution in [2.75, 3.05) is 7.11 Å². The van der Waals surface area contributed by atoms with E-state index in [4.69, 9.17) is 4.74 Å². The summed E-state index contributed by atoms with van der Waals surface area (Å²) in [7, 11) is 1.45. The third kappa shape index (κ3) is 3.85. The van der Waals surface area contributed by atoms with Gasteiger partial charge in [0.25, 0.3) is 0 Å². The number of H-pyrrole nitrogens is 2. The Morgan fingerprint density at radius 1 is 1.44 bits per heavy atom. The lowest BCUT2D eigenvalue weighted by Gasteiger charge is -2.15. The van der Waals surface area contributed by atoms with Crippen LogP contribution in [0, 0.1) is 17.0 Å². The van der Waals surface area contributed by atoms with E-state index in [-0.39, 0.29) is 18.7 Å². The second kappa shape index (κ2) is 7.88. The van der Waals surface area contributed by atoms with E-state index >= 15 is 0 Å². The summed E-state index contributed by atoms with van der Waals surface area (Å²) in [5.74, 6) is 0. The van der Waals surface area contributed by atoms with Crippen LogP contribution < -0.4 is 11.2 Å². The lowest BCUT2D eigenvalue weighted by Crippen LogP contribution is -2.38. The van der Waals surface area contributed by atoms with Gasteiger partial charge in [0.05, 0.1) is 16.7 Å². The summed E-state index contributed by atoms with van der Waals surface area (Å²) in [4.78, 5) is 37.7. The highest BCUT2D eigenvalue weighted by Gasteiger charge is 2.27. The Labute approximate surface area is 143 Å². The maximum atomic E-state index is 12.4. The van der Waals surface area contributed by atoms with E-state index in [0.29, 0.717) is 17.7 Å². The smallest absolute Gasteiger partial charge is 0.353 e. The lowest BCUT2D eigenvalue weighted by atomic mass is 10.0. The molecule has 0 aliphatic heterocycles. The molecule has 0 bridgehead atoms. The van der Waals surface area contributed by atoms with E-state index in [0.717, 1.165) is 11.0 Å². The van der Waals surface area contributed by atoms with E-state index in [1.807, 2.05) is 6.92 Å². The molecule has 2 N–H and O–H groups in total. The predicted octanol–water partition coefficient (Wildman–Crippen LogP) is 1.21. The Hall–Kier alpha value is -2.75. The van der Waals surface area contributed by atoms with Gasteiger partial charge < -0.3 is 9.72 Å². The Bertz CT molecular complexity index is 866. The molecule has 2 aromatic heterocycles. The molecule has 10 heteroatoms. The topological polar surface area (TPSA) is 136 Å². The number of methoxy groups -OCH3 is 1. The number of aryl methyl sites for hydroxylation is 1. The van der Waals surface area contributed by atoms with E-state index < -0.39 is 28.0 Å². The van der Waals surface area contributed by atoms with Crippen molar-refractivity contribution in [1.82, 2.24) is 19.7 Å². The quantitative estimate of drug-likeness (QED) is 0.542. The first-order chi connectivity index (χ1) is 11.9. The van der Waals surface area contributed by atoms with E-state index in [2.05, 4.69) is 15.2 Å². The van der Waals surface area contributed by atoms with Crippen molar-refractivity contribution in [3.05, 3.63) is 54.1 Å². The van der Waals surface area contributed by atoms with Gasteiger partial charge in [0.1, 0.15) is 5.69 Å². The number of nitrogens with zero attached hydrogens (tertiary/aromatic N) is 3. The fourth-order valence-electron chi connectivity index (χ4n) is 2.66. The van der Waals surface area contributed by atoms with Crippen LogP contribution in [-0.2, 0) is 17.7 Å². The molecule has 2 rings (SSSR count). The molecule has 0 aliphatic carbocycles. The molecule has 2 aromatic rings. The highest BCUT2D eigenvalue weighted by molar-refractivity contribution is 5.34. The molecular formula is C15H21N5O5. The number of ether oxygens (including phenoxy) is 1. The SMILES string of the molecule is CCCCn1c(=O)[nH]c(CC(OC)c2c[nH]nc2C)c([N+](=O)[O-])c1=O. The normalized spacial score (nSPS) is 12.3. The van der Waals surface area contributed by atoms with Crippen molar-refractivity contribution in [3.8, 4) is 0 Å². The molecule has 136 valence electrons. The first-order valence-electron chi connectivity index (χ1n) is 7.94. The van der Waals surface area contributed by atoms with E-state index in [9.17, 15) is 19.7 Å². The van der Waals surface area contributed by atoms with Crippen LogP contribution in [0.4, 0.5) is 5.69 Å². The number of unbranched alkanes of at least 4 members (excludes halogenated alkanes) is 1. The third-order valence-electron chi connectivity index (χ3n) is 4.05. The van der Waals surface area contributed by atoms with Crippen LogP contribution in [0.2, 0.25) is 0 Å². The largest absolute Gasteiger partial charge is 0.376 e. The van der Waals surface area contributed by atoms with Crippen molar-refractivity contribution in [3.63, 3.8) is 0 Å². The Morgan fingerprint density at radius 2 is 2.16 bits per heavy atom. The van der Waals surface area contributed by atoms with E-state index in [1.165, 1.54) is 7.11 Å². The van der Waals surface area contributed by atoms with E-state index in [1.54, 1.807) is 13.1 Å². The molecule has 0 aliphatic rings. The molecule has 25 heavy (non-hydrogen) atoms. The minimum atomic E-state index is -0.893. The molecule has 0 fully saturated rings. The number of rotatable bonds is 8. The molecule has 2 heterocycles. The van der Waals surface area contributed by atoms with Crippen LogP contribution in [0.25, 0.3) is 0 Å². The summed E-state index contributed by atoms with van der Waals surface area (Å²) in [6.07, 6.45) is 2.35. The third-order valence-corrected chi connectivity index (χ3v) is 4.05. The van der Waals surface area contributed by atoms with Crippen LogP contribution in [-0.4, -0.2) is 31.8 Å². The number of nitrogens with one attached hydrogen (secondary N) is 2. The molecule has 10 nitrogen and oxygen atoms in total. The minimum absolute atomic E-state index is 0.0215. The number of hydrogen-bond donors (Lipinski definition) is 2. The van der Waals surface area contributed by atoms with Crippen LogP contribution in [0.15, 0.2) is 15.8 Å². The number of hydrogen-bond acceptors (Lipinski definition) is 6. The first-order valence-corrected chi connectivity index (χ1v) is 7.94. The fourth-order valence-corrected chi connectivity index (χ4v) is 2.66. The molecule has 0 saturated carbocycles. The maximum absolute atomic E-state index is 12.4. The molecular weight excluding hydrogens is 330 g/mol. The molecule has 0 aromatic carbocycles.